The van der Waals surface area contributed by atoms with Gasteiger partial charge in [0.2, 0.25) is 0 Å². The Balaban J connectivity index is 1.79. The monoisotopic (exact) mass is 366 g/mol. The molecule has 138 valence electrons. The van der Waals surface area contributed by atoms with E-state index in [2.05, 4.69) is 4.98 Å². The number of halogens is 1. The lowest BCUT2D eigenvalue weighted by Crippen LogP contribution is -2.35. The molecule has 0 bridgehead atoms. The van der Waals surface area contributed by atoms with Crippen LogP contribution in [0.15, 0.2) is 53.3 Å². The largest absolute Gasteiger partial charge is 0.363 e. The van der Waals surface area contributed by atoms with Crippen LogP contribution in [0.4, 0.5) is 4.39 Å². The van der Waals surface area contributed by atoms with Gasteiger partial charge in [0.1, 0.15) is 5.82 Å². The van der Waals surface area contributed by atoms with Gasteiger partial charge >= 0.3 is 5.97 Å². The van der Waals surface area contributed by atoms with E-state index in [-0.39, 0.29) is 11.5 Å². The molecule has 0 aliphatic heterocycles. The van der Waals surface area contributed by atoms with Crippen LogP contribution >= 0.6 is 0 Å². The van der Waals surface area contributed by atoms with Crippen molar-refractivity contribution in [3.05, 3.63) is 76.1 Å². The molecule has 0 amide bonds. The molecule has 1 aliphatic carbocycles. The van der Waals surface area contributed by atoms with E-state index in [9.17, 15) is 14.0 Å². The fraction of sp³-hybridized carbons (Fsp3) is 0.286. The molecule has 2 aromatic carbocycles. The summed E-state index contributed by atoms with van der Waals surface area (Å²) in [5, 5.41) is 0.393. The highest BCUT2D eigenvalue weighted by Gasteiger charge is 2.25. The summed E-state index contributed by atoms with van der Waals surface area (Å²) in [6.07, 6.45) is 5.07. The Kier molecular flexibility index (Phi) is 4.71. The summed E-state index contributed by atoms with van der Waals surface area (Å²) in [6, 6.07) is 12.0. The van der Waals surface area contributed by atoms with E-state index in [0.717, 1.165) is 36.8 Å². The summed E-state index contributed by atoms with van der Waals surface area (Å²) >= 11 is 0. The maximum Gasteiger partial charge on any atom is 0.363 e. The van der Waals surface area contributed by atoms with E-state index in [1.165, 1.54) is 24.3 Å². The molecule has 0 atom stereocenters. The first kappa shape index (κ1) is 17.4. The number of aromatic nitrogens is 2. The van der Waals surface area contributed by atoms with Crippen LogP contribution in [0, 0.1) is 5.82 Å². The quantitative estimate of drug-likeness (QED) is 0.706. The fourth-order valence-electron chi connectivity index (χ4n) is 3.56. The van der Waals surface area contributed by atoms with Crippen LogP contribution in [0.3, 0.4) is 0 Å². The van der Waals surface area contributed by atoms with Crippen molar-refractivity contribution in [1.29, 1.82) is 0 Å². The fourth-order valence-corrected chi connectivity index (χ4v) is 3.56. The van der Waals surface area contributed by atoms with Crippen molar-refractivity contribution in [3.63, 3.8) is 0 Å². The molecular formula is C21H19FN2O3. The predicted octanol–water partition coefficient (Wildman–Crippen LogP) is 3.85. The van der Waals surface area contributed by atoms with Crippen LogP contribution in [0.1, 0.15) is 54.2 Å². The maximum atomic E-state index is 13.1. The number of nitrogens with zero attached hydrogens (tertiary/aromatic N) is 2. The second kappa shape index (κ2) is 7.31. The first-order valence-electron chi connectivity index (χ1n) is 9.13. The lowest BCUT2D eigenvalue weighted by molar-refractivity contribution is 0.0412. The topological polar surface area (TPSA) is 61.2 Å². The smallest absolute Gasteiger partial charge is 0.326 e. The molecule has 6 heteroatoms. The van der Waals surface area contributed by atoms with Crippen molar-refractivity contribution in [2.24, 2.45) is 0 Å². The number of rotatable bonds is 3. The van der Waals surface area contributed by atoms with Crippen LogP contribution < -0.4 is 10.4 Å². The summed E-state index contributed by atoms with van der Waals surface area (Å²) in [5.41, 5.74) is 0.361. The van der Waals surface area contributed by atoms with Gasteiger partial charge in [-0.05, 0) is 49.2 Å². The van der Waals surface area contributed by atoms with E-state index in [4.69, 9.17) is 4.84 Å². The summed E-state index contributed by atoms with van der Waals surface area (Å²) in [6.45, 7) is 0. The lowest BCUT2D eigenvalue weighted by atomic mass is 9.88. The van der Waals surface area contributed by atoms with Gasteiger partial charge < -0.3 is 4.84 Å². The summed E-state index contributed by atoms with van der Waals surface area (Å²) in [5.74, 6) is -0.615. The minimum Gasteiger partial charge on any atom is -0.326 e. The zero-order valence-electron chi connectivity index (χ0n) is 14.7. The average molecular weight is 366 g/mol. The summed E-state index contributed by atoms with van der Waals surface area (Å²) < 4.78 is 14.1. The van der Waals surface area contributed by atoms with Gasteiger partial charge in [0, 0.05) is 5.92 Å². The highest BCUT2D eigenvalue weighted by Crippen LogP contribution is 2.31. The van der Waals surface area contributed by atoms with Gasteiger partial charge in [0.15, 0.2) is 5.82 Å². The van der Waals surface area contributed by atoms with Gasteiger partial charge in [0.25, 0.3) is 5.56 Å². The Labute approximate surface area is 155 Å². The third-order valence-electron chi connectivity index (χ3n) is 4.99. The molecule has 1 fully saturated rings. The Hall–Kier alpha value is -3.02. The average Bonchev–Trinajstić information content (AvgIpc) is 2.71. The third-order valence-corrected chi connectivity index (χ3v) is 4.99. The van der Waals surface area contributed by atoms with Gasteiger partial charge in [-0.1, -0.05) is 31.4 Å². The minimum atomic E-state index is -0.716. The molecule has 0 spiro atoms. The second-order valence-electron chi connectivity index (χ2n) is 6.81. The highest BCUT2D eigenvalue weighted by molar-refractivity contribution is 5.89. The van der Waals surface area contributed by atoms with Crippen LogP contribution in [0.25, 0.3) is 10.9 Å². The molecule has 3 aromatic rings. The molecular weight excluding hydrogens is 347 g/mol. The highest BCUT2D eigenvalue weighted by atomic mass is 19.1. The number of para-hydroxylation sites is 1. The van der Waals surface area contributed by atoms with Gasteiger partial charge in [-0.15, -0.1) is 4.73 Å². The first-order chi connectivity index (χ1) is 13.1. The number of carbonyl (C=O) groups excluding carboxylic acids is 1. The molecule has 0 N–H and O–H groups in total. The molecule has 1 aromatic heterocycles. The van der Waals surface area contributed by atoms with Gasteiger partial charge in [-0.3, -0.25) is 4.79 Å². The molecule has 27 heavy (non-hydrogen) atoms. The van der Waals surface area contributed by atoms with E-state index in [1.54, 1.807) is 18.2 Å². The SMILES string of the molecule is O=C(On1c(C2CCCCC2)nc2ccccc2c1=O)c1ccc(F)cc1. The number of carbonyl (C=O) groups is 1. The van der Waals surface area contributed by atoms with Crippen molar-refractivity contribution in [1.82, 2.24) is 9.71 Å². The molecule has 0 unspecified atom stereocenters. The lowest BCUT2D eigenvalue weighted by Gasteiger charge is -2.23. The van der Waals surface area contributed by atoms with Crippen molar-refractivity contribution in [2.75, 3.05) is 0 Å². The van der Waals surface area contributed by atoms with Gasteiger partial charge in [-0.25, -0.2) is 14.2 Å². The Morgan fingerprint density at radius 3 is 2.48 bits per heavy atom. The molecule has 0 radical (unpaired) electrons. The Bertz CT molecular complexity index is 1040. The van der Waals surface area contributed by atoms with Crippen molar-refractivity contribution in [2.45, 2.75) is 38.0 Å². The van der Waals surface area contributed by atoms with Crippen molar-refractivity contribution in [3.8, 4) is 0 Å². The summed E-state index contributed by atoms with van der Waals surface area (Å²) in [4.78, 5) is 35.6. The minimum absolute atomic E-state index is 0.0667. The summed E-state index contributed by atoms with van der Waals surface area (Å²) in [7, 11) is 0. The number of benzene rings is 2. The number of fused-ring (bicyclic) bond motifs is 1. The van der Waals surface area contributed by atoms with E-state index in [1.807, 2.05) is 6.07 Å². The molecule has 1 aliphatic rings. The molecule has 4 rings (SSSR count). The predicted molar refractivity (Wildman–Crippen MR) is 99.1 cm³/mol. The maximum absolute atomic E-state index is 13.1. The van der Waals surface area contributed by atoms with Crippen molar-refractivity contribution >= 4 is 16.9 Å². The number of hydrogen-bond donors (Lipinski definition) is 0. The van der Waals surface area contributed by atoms with Crippen molar-refractivity contribution < 1.29 is 14.0 Å². The van der Waals surface area contributed by atoms with Crippen LogP contribution in [-0.4, -0.2) is 15.7 Å². The van der Waals surface area contributed by atoms with Crippen LogP contribution in [-0.2, 0) is 0 Å². The normalized spacial score (nSPS) is 15.0. The standard InChI is InChI=1S/C21H19FN2O3/c22-16-12-10-15(11-13-16)21(26)27-24-19(14-6-2-1-3-7-14)23-18-9-5-4-8-17(18)20(24)25/h4-5,8-14H,1-3,6-7H2. The number of hydrogen-bond acceptors (Lipinski definition) is 4. The molecule has 1 heterocycles. The molecule has 0 saturated heterocycles. The zero-order valence-corrected chi connectivity index (χ0v) is 14.7. The first-order valence-corrected chi connectivity index (χ1v) is 9.13. The van der Waals surface area contributed by atoms with Gasteiger partial charge in [0.05, 0.1) is 16.5 Å². The van der Waals surface area contributed by atoms with Crippen LogP contribution in [0.2, 0.25) is 0 Å². The molecule has 1 saturated carbocycles. The Morgan fingerprint density at radius 1 is 1.04 bits per heavy atom. The van der Waals surface area contributed by atoms with Gasteiger partial charge in [-0.2, -0.15) is 0 Å². The van der Waals surface area contributed by atoms with E-state index in [0.29, 0.717) is 16.7 Å². The van der Waals surface area contributed by atoms with Crippen LogP contribution in [0.5, 0.6) is 0 Å². The Morgan fingerprint density at radius 2 is 1.74 bits per heavy atom. The third kappa shape index (κ3) is 3.47. The van der Waals surface area contributed by atoms with E-state index >= 15 is 0 Å². The molecule has 5 nitrogen and oxygen atoms in total. The second-order valence-corrected chi connectivity index (χ2v) is 6.81. The zero-order chi connectivity index (χ0) is 18.8. The van der Waals surface area contributed by atoms with E-state index < -0.39 is 17.3 Å².